The summed E-state index contributed by atoms with van der Waals surface area (Å²) in [6.07, 6.45) is -0.261. The Morgan fingerprint density at radius 3 is 2.58 bits per heavy atom. The van der Waals surface area contributed by atoms with Gasteiger partial charge in [0, 0.05) is 18.1 Å². The fourth-order valence-electron chi connectivity index (χ4n) is 3.03. The van der Waals surface area contributed by atoms with Crippen molar-refractivity contribution in [3.63, 3.8) is 0 Å². The van der Waals surface area contributed by atoms with E-state index in [1.165, 1.54) is 22.9 Å². The van der Waals surface area contributed by atoms with Crippen LogP contribution in [0, 0.1) is 13.8 Å². The van der Waals surface area contributed by atoms with E-state index in [-0.39, 0.29) is 17.8 Å². The van der Waals surface area contributed by atoms with Gasteiger partial charge in [-0.15, -0.1) is 10.2 Å². The summed E-state index contributed by atoms with van der Waals surface area (Å²) in [6.45, 7) is 9.28. The maximum atomic E-state index is 12.3. The summed E-state index contributed by atoms with van der Waals surface area (Å²) in [5, 5.41) is 12.9. The molecule has 0 radical (unpaired) electrons. The molecule has 0 fully saturated rings. The van der Waals surface area contributed by atoms with Gasteiger partial charge in [0.15, 0.2) is 17.1 Å². The molecule has 1 N–H and O–H groups in total. The number of thioether (sulfide) groups is 1. The Labute approximate surface area is 192 Å². The second-order valence-electron chi connectivity index (χ2n) is 7.28. The van der Waals surface area contributed by atoms with Crippen LogP contribution in [0.3, 0.4) is 0 Å². The van der Waals surface area contributed by atoms with E-state index in [2.05, 4.69) is 29.4 Å². The second kappa shape index (κ2) is 10.7. The molecule has 8 heteroatoms. The van der Waals surface area contributed by atoms with Crippen LogP contribution >= 0.6 is 23.4 Å². The van der Waals surface area contributed by atoms with Gasteiger partial charge < -0.3 is 14.6 Å². The largest absolute Gasteiger partial charge is 0.483 e. The molecular formula is C23H27ClN4O2S. The smallest absolute Gasteiger partial charge is 0.230 e. The average molecular weight is 459 g/mol. The molecule has 0 spiro atoms. The molecule has 1 unspecified atom stereocenters. The molecule has 1 heterocycles. The van der Waals surface area contributed by atoms with Gasteiger partial charge >= 0.3 is 0 Å². The average Bonchev–Trinajstić information content (AvgIpc) is 3.17. The third-order valence-electron chi connectivity index (χ3n) is 4.95. The number of nitrogens with one attached hydrogen (secondary N) is 1. The number of hydrogen-bond acceptors (Lipinski definition) is 5. The maximum absolute atomic E-state index is 12.3. The first kappa shape index (κ1) is 23.2. The van der Waals surface area contributed by atoms with Crippen molar-refractivity contribution in [3.05, 3.63) is 70.0 Å². The summed E-state index contributed by atoms with van der Waals surface area (Å²) >= 11 is 7.26. The number of nitrogens with zero attached hydrogens (tertiary/aromatic N) is 3. The lowest BCUT2D eigenvalue weighted by Crippen LogP contribution is -2.24. The van der Waals surface area contributed by atoms with Gasteiger partial charge in [-0.3, -0.25) is 4.79 Å². The molecule has 3 aromatic rings. The highest BCUT2D eigenvalue weighted by molar-refractivity contribution is 7.99. The van der Waals surface area contributed by atoms with E-state index >= 15 is 0 Å². The zero-order valence-corrected chi connectivity index (χ0v) is 19.8. The van der Waals surface area contributed by atoms with E-state index in [1.807, 2.05) is 60.9 Å². The Balaban J connectivity index is 1.57. The standard InChI is InChI=1S/C23H27ClN4O2S/c1-5-28-22(17(4)30-20-11-6-15(2)16(3)12-20)26-27-23(28)31-14-21(29)25-13-18-7-9-19(24)10-8-18/h6-12,17H,5,13-14H2,1-4H3,(H,25,29). The molecule has 3 rings (SSSR count). The predicted octanol–water partition coefficient (Wildman–Crippen LogP) is 5.12. The summed E-state index contributed by atoms with van der Waals surface area (Å²) in [6, 6.07) is 13.4. The van der Waals surface area contributed by atoms with Crippen molar-refractivity contribution < 1.29 is 9.53 Å². The lowest BCUT2D eigenvalue weighted by atomic mass is 10.1. The van der Waals surface area contributed by atoms with Crippen LogP contribution in [0.5, 0.6) is 5.75 Å². The van der Waals surface area contributed by atoms with Crippen molar-refractivity contribution in [2.45, 2.75) is 52.0 Å². The van der Waals surface area contributed by atoms with Gasteiger partial charge in [-0.25, -0.2) is 0 Å². The van der Waals surface area contributed by atoms with Gasteiger partial charge in [-0.2, -0.15) is 0 Å². The summed E-state index contributed by atoms with van der Waals surface area (Å²) < 4.78 is 8.08. The van der Waals surface area contributed by atoms with Crippen LogP contribution in [0.25, 0.3) is 0 Å². The molecule has 2 aromatic carbocycles. The number of carbonyl (C=O) groups excluding carboxylic acids is 1. The van der Waals surface area contributed by atoms with Crippen LogP contribution in [0.1, 0.15) is 42.5 Å². The summed E-state index contributed by atoms with van der Waals surface area (Å²) in [5.41, 5.74) is 3.41. The molecule has 164 valence electrons. The second-order valence-corrected chi connectivity index (χ2v) is 8.66. The van der Waals surface area contributed by atoms with Gasteiger partial charge in [0.2, 0.25) is 5.91 Å². The number of amides is 1. The zero-order chi connectivity index (χ0) is 22.4. The Kier molecular flexibility index (Phi) is 7.98. The van der Waals surface area contributed by atoms with E-state index in [0.29, 0.717) is 23.3 Å². The molecular weight excluding hydrogens is 432 g/mol. The third kappa shape index (κ3) is 6.24. The van der Waals surface area contributed by atoms with Crippen molar-refractivity contribution in [1.29, 1.82) is 0 Å². The van der Waals surface area contributed by atoms with Crippen LogP contribution in [-0.2, 0) is 17.9 Å². The normalized spacial score (nSPS) is 11.9. The topological polar surface area (TPSA) is 69.0 Å². The van der Waals surface area contributed by atoms with E-state index in [9.17, 15) is 4.79 Å². The summed E-state index contributed by atoms with van der Waals surface area (Å²) in [4.78, 5) is 12.3. The molecule has 0 aliphatic rings. The van der Waals surface area contributed by atoms with Crippen molar-refractivity contribution in [2.24, 2.45) is 0 Å². The highest BCUT2D eigenvalue weighted by atomic mass is 35.5. The molecule has 0 saturated carbocycles. The lowest BCUT2D eigenvalue weighted by Gasteiger charge is -2.16. The lowest BCUT2D eigenvalue weighted by molar-refractivity contribution is -0.118. The Morgan fingerprint density at radius 2 is 1.90 bits per heavy atom. The van der Waals surface area contributed by atoms with Gasteiger partial charge in [0.25, 0.3) is 0 Å². The van der Waals surface area contributed by atoms with Crippen molar-refractivity contribution >= 4 is 29.3 Å². The van der Waals surface area contributed by atoms with E-state index < -0.39 is 0 Å². The number of benzene rings is 2. The Hall–Kier alpha value is -2.51. The van der Waals surface area contributed by atoms with Gasteiger partial charge in [0.1, 0.15) is 5.75 Å². The first-order valence-electron chi connectivity index (χ1n) is 10.2. The van der Waals surface area contributed by atoms with Crippen LogP contribution in [0.4, 0.5) is 0 Å². The Bertz CT molecular complexity index is 1040. The fraction of sp³-hybridized carbons (Fsp3) is 0.348. The van der Waals surface area contributed by atoms with Gasteiger partial charge in [-0.1, -0.05) is 41.6 Å². The molecule has 0 saturated heterocycles. The quantitative estimate of drug-likeness (QED) is 0.451. The number of rotatable bonds is 9. The minimum Gasteiger partial charge on any atom is -0.483 e. The first-order chi connectivity index (χ1) is 14.9. The Morgan fingerprint density at radius 1 is 1.16 bits per heavy atom. The molecule has 1 atom stereocenters. The number of ether oxygens (including phenoxy) is 1. The summed E-state index contributed by atoms with van der Waals surface area (Å²) in [5.74, 6) is 1.74. The zero-order valence-electron chi connectivity index (χ0n) is 18.2. The van der Waals surface area contributed by atoms with E-state index in [0.717, 1.165) is 17.1 Å². The number of hydrogen-bond donors (Lipinski definition) is 1. The minimum absolute atomic E-state index is 0.0633. The van der Waals surface area contributed by atoms with Crippen LogP contribution in [-0.4, -0.2) is 26.4 Å². The number of aryl methyl sites for hydroxylation is 2. The van der Waals surface area contributed by atoms with Crippen molar-refractivity contribution in [1.82, 2.24) is 20.1 Å². The van der Waals surface area contributed by atoms with Crippen LogP contribution in [0.2, 0.25) is 5.02 Å². The van der Waals surface area contributed by atoms with Crippen LogP contribution < -0.4 is 10.1 Å². The third-order valence-corrected chi connectivity index (χ3v) is 6.17. The first-order valence-corrected chi connectivity index (χ1v) is 11.5. The van der Waals surface area contributed by atoms with Crippen molar-refractivity contribution in [2.75, 3.05) is 5.75 Å². The fourth-order valence-corrected chi connectivity index (χ4v) is 4.00. The van der Waals surface area contributed by atoms with Gasteiger partial charge in [0.05, 0.1) is 5.75 Å². The molecule has 31 heavy (non-hydrogen) atoms. The molecule has 0 aliphatic heterocycles. The monoisotopic (exact) mass is 458 g/mol. The van der Waals surface area contributed by atoms with E-state index in [4.69, 9.17) is 16.3 Å². The van der Waals surface area contributed by atoms with Crippen molar-refractivity contribution in [3.8, 4) is 5.75 Å². The SMILES string of the molecule is CCn1c(SCC(=O)NCc2ccc(Cl)cc2)nnc1C(C)Oc1ccc(C)c(C)c1. The van der Waals surface area contributed by atoms with Gasteiger partial charge in [-0.05, 0) is 68.7 Å². The predicted molar refractivity (Wildman–Crippen MR) is 125 cm³/mol. The summed E-state index contributed by atoms with van der Waals surface area (Å²) in [7, 11) is 0. The van der Waals surface area contributed by atoms with Crippen LogP contribution in [0.15, 0.2) is 47.6 Å². The highest BCUT2D eigenvalue weighted by Gasteiger charge is 2.19. The van der Waals surface area contributed by atoms with E-state index in [1.54, 1.807) is 0 Å². The number of halogens is 1. The molecule has 0 aliphatic carbocycles. The molecule has 1 aromatic heterocycles. The molecule has 0 bridgehead atoms. The number of carbonyl (C=O) groups is 1. The number of aromatic nitrogens is 3. The molecule has 6 nitrogen and oxygen atoms in total. The highest BCUT2D eigenvalue weighted by Crippen LogP contribution is 2.26. The minimum atomic E-state index is -0.261. The maximum Gasteiger partial charge on any atom is 0.230 e. The molecule has 1 amide bonds.